The van der Waals surface area contributed by atoms with Crippen LogP contribution in [0.15, 0.2) is 23.2 Å². The molecule has 0 aliphatic rings. The van der Waals surface area contributed by atoms with E-state index in [1.165, 1.54) is 0 Å². The molecule has 0 fully saturated rings. The third kappa shape index (κ3) is 7.55. The lowest BCUT2D eigenvalue weighted by atomic mass is 10.2. The van der Waals surface area contributed by atoms with Gasteiger partial charge in [-0.25, -0.2) is 0 Å². The lowest BCUT2D eigenvalue weighted by Gasteiger charge is -2.14. The predicted molar refractivity (Wildman–Crippen MR) is 99.5 cm³/mol. The van der Waals surface area contributed by atoms with Gasteiger partial charge in [-0.2, -0.15) is 0 Å². The number of methoxy groups -OCH3 is 1. The van der Waals surface area contributed by atoms with Crippen LogP contribution in [-0.4, -0.2) is 45.5 Å². The van der Waals surface area contributed by atoms with Gasteiger partial charge >= 0.3 is 0 Å². The van der Waals surface area contributed by atoms with Crippen molar-refractivity contribution in [2.24, 2.45) is 4.99 Å². The van der Waals surface area contributed by atoms with Crippen LogP contribution in [0.3, 0.4) is 0 Å². The van der Waals surface area contributed by atoms with E-state index < -0.39 is 0 Å². The molecule has 6 nitrogen and oxygen atoms in total. The van der Waals surface area contributed by atoms with Gasteiger partial charge in [-0.3, -0.25) is 4.99 Å². The van der Waals surface area contributed by atoms with E-state index in [1.807, 2.05) is 45.9 Å². The summed E-state index contributed by atoms with van der Waals surface area (Å²) in [5, 5.41) is 6.52. The van der Waals surface area contributed by atoms with Gasteiger partial charge in [0, 0.05) is 31.5 Å². The van der Waals surface area contributed by atoms with Crippen LogP contribution in [0.5, 0.6) is 11.5 Å². The summed E-state index contributed by atoms with van der Waals surface area (Å²) in [5.41, 5.74) is 0.897. The van der Waals surface area contributed by atoms with E-state index >= 15 is 0 Å². The Morgan fingerprint density at radius 3 is 2.62 bits per heavy atom. The molecule has 1 aromatic carbocycles. The van der Waals surface area contributed by atoms with Crippen LogP contribution in [0.25, 0.3) is 0 Å². The van der Waals surface area contributed by atoms with Gasteiger partial charge in [0.2, 0.25) is 0 Å². The second-order valence-electron chi connectivity index (χ2n) is 5.46. The molecule has 0 unspecified atom stereocenters. The standard InChI is InChI=1S/C18H31N3O3/c1-6-19-18(20-11-8-12-24-14(3)4)21-15-9-10-16(23-7-2)17(13-15)22-5/h9-10,13-14H,6-8,11-12H2,1-5H3,(H2,19,20,21). The molecule has 24 heavy (non-hydrogen) atoms. The lowest BCUT2D eigenvalue weighted by Crippen LogP contribution is -2.30. The zero-order valence-electron chi connectivity index (χ0n) is 15.5. The lowest BCUT2D eigenvalue weighted by molar-refractivity contribution is 0.0783. The average molecular weight is 337 g/mol. The highest BCUT2D eigenvalue weighted by Gasteiger charge is 2.06. The van der Waals surface area contributed by atoms with Crippen molar-refractivity contribution in [3.63, 3.8) is 0 Å². The summed E-state index contributed by atoms with van der Waals surface area (Å²) in [5.74, 6) is 2.18. The molecule has 0 amide bonds. The number of benzene rings is 1. The molecule has 0 heterocycles. The molecular weight excluding hydrogens is 306 g/mol. The number of rotatable bonds is 10. The van der Waals surface area contributed by atoms with Crippen LogP contribution < -0.4 is 20.1 Å². The number of hydrogen-bond donors (Lipinski definition) is 2. The van der Waals surface area contributed by atoms with E-state index in [0.29, 0.717) is 18.9 Å². The van der Waals surface area contributed by atoms with Crippen LogP contribution >= 0.6 is 0 Å². The molecule has 1 aromatic rings. The Morgan fingerprint density at radius 1 is 1.21 bits per heavy atom. The van der Waals surface area contributed by atoms with E-state index in [2.05, 4.69) is 15.6 Å². The van der Waals surface area contributed by atoms with Gasteiger partial charge in [-0.15, -0.1) is 0 Å². The van der Waals surface area contributed by atoms with Crippen LogP contribution in [-0.2, 0) is 4.74 Å². The number of aliphatic imine (C=N–C) groups is 1. The maximum atomic E-state index is 5.53. The molecule has 6 heteroatoms. The third-order valence-corrected chi connectivity index (χ3v) is 3.09. The summed E-state index contributed by atoms with van der Waals surface area (Å²) in [6.07, 6.45) is 1.15. The van der Waals surface area contributed by atoms with E-state index in [0.717, 1.165) is 37.0 Å². The van der Waals surface area contributed by atoms with Crippen molar-refractivity contribution in [1.82, 2.24) is 5.32 Å². The number of nitrogens with one attached hydrogen (secondary N) is 2. The van der Waals surface area contributed by atoms with Gasteiger partial charge in [0.05, 0.1) is 19.8 Å². The molecule has 2 N–H and O–H groups in total. The van der Waals surface area contributed by atoms with Crippen LogP contribution in [0.2, 0.25) is 0 Å². The molecule has 0 bridgehead atoms. The number of nitrogens with zero attached hydrogens (tertiary/aromatic N) is 1. The van der Waals surface area contributed by atoms with Gasteiger partial charge in [-0.05, 0) is 46.2 Å². The van der Waals surface area contributed by atoms with E-state index in [-0.39, 0.29) is 6.10 Å². The highest BCUT2D eigenvalue weighted by molar-refractivity contribution is 5.93. The Balaban J connectivity index is 2.66. The van der Waals surface area contributed by atoms with E-state index in [1.54, 1.807) is 7.11 Å². The second-order valence-corrected chi connectivity index (χ2v) is 5.46. The monoisotopic (exact) mass is 337 g/mol. The summed E-state index contributed by atoms with van der Waals surface area (Å²) in [6, 6.07) is 5.74. The van der Waals surface area contributed by atoms with Crippen LogP contribution in [0.1, 0.15) is 34.1 Å². The van der Waals surface area contributed by atoms with Gasteiger partial charge in [0.25, 0.3) is 0 Å². The predicted octanol–water partition coefficient (Wildman–Crippen LogP) is 3.29. The van der Waals surface area contributed by atoms with Crippen LogP contribution in [0, 0.1) is 0 Å². The molecule has 0 spiro atoms. The molecular formula is C18H31N3O3. The Bertz CT molecular complexity index is 504. The minimum atomic E-state index is 0.261. The molecule has 0 radical (unpaired) electrons. The fraction of sp³-hybridized carbons (Fsp3) is 0.611. The molecule has 0 aliphatic heterocycles. The quantitative estimate of drug-likeness (QED) is 0.390. The van der Waals surface area contributed by atoms with Crippen molar-refractivity contribution in [3.8, 4) is 11.5 Å². The fourth-order valence-electron chi connectivity index (χ4n) is 2.04. The zero-order valence-corrected chi connectivity index (χ0v) is 15.5. The van der Waals surface area contributed by atoms with E-state index in [9.17, 15) is 0 Å². The maximum Gasteiger partial charge on any atom is 0.195 e. The third-order valence-electron chi connectivity index (χ3n) is 3.09. The number of hydrogen-bond acceptors (Lipinski definition) is 4. The van der Waals surface area contributed by atoms with Crippen molar-refractivity contribution >= 4 is 11.6 Å². The molecule has 0 saturated carbocycles. The van der Waals surface area contributed by atoms with Gasteiger partial charge in [0.15, 0.2) is 17.5 Å². The SMILES string of the molecule is CCNC(=NCCCOC(C)C)Nc1ccc(OCC)c(OC)c1. The Hall–Kier alpha value is -1.95. The number of guanidine groups is 1. The second kappa shape index (κ2) is 11.6. The maximum absolute atomic E-state index is 5.53. The molecule has 136 valence electrons. The normalized spacial score (nSPS) is 11.5. The first-order chi connectivity index (χ1) is 11.6. The number of ether oxygens (including phenoxy) is 3. The minimum Gasteiger partial charge on any atom is -0.493 e. The summed E-state index contributed by atoms with van der Waals surface area (Å²) < 4.78 is 16.4. The summed E-state index contributed by atoms with van der Waals surface area (Å²) in [7, 11) is 1.63. The van der Waals surface area contributed by atoms with Crippen LogP contribution in [0.4, 0.5) is 5.69 Å². The largest absolute Gasteiger partial charge is 0.493 e. The summed E-state index contributed by atoms with van der Waals surface area (Å²) in [4.78, 5) is 4.56. The summed E-state index contributed by atoms with van der Waals surface area (Å²) >= 11 is 0. The van der Waals surface area contributed by atoms with E-state index in [4.69, 9.17) is 14.2 Å². The Morgan fingerprint density at radius 2 is 2.00 bits per heavy atom. The Labute approximate surface area is 145 Å². The van der Waals surface area contributed by atoms with Gasteiger partial charge < -0.3 is 24.8 Å². The molecule has 0 aromatic heterocycles. The van der Waals surface area contributed by atoms with Crippen molar-refractivity contribution < 1.29 is 14.2 Å². The smallest absolute Gasteiger partial charge is 0.195 e. The topological polar surface area (TPSA) is 64.1 Å². The molecule has 0 saturated heterocycles. The molecule has 0 aliphatic carbocycles. The van der Waals surface area contributed by atoms with Gasteiger partial charge in [-0.1, -0.05) is 0 Å². The highest BCUT2D eigenvalue weighted by atomic mass is 16.5. The van der Waals surface area contributed by atoms with Crippen molar-refractivity contribution in [2.75, 3.05) is 38.7 Å². The zero-order chi connectivity index (χ0) is 17.8. The summed E-state index contributed by atoms with van der Waals surface area (Å²) in [6.45, 7) is 10.9. The van der Waals surface area contributed by atoms with Crippen molar-refractivity contribution in [1.29, 1.82) is 0 Å². The highest BCUT2D eigenvalue weighted by Crippen LogP contribution is 2.30. The molecule has 1 rings (SSSR count). The average Bonchev–Trinajstić information content (AvgIpc) is 2.56. The first-order valence-electron chi connectivity index (χ1n) is 8.58. The molecule has 0 atom stereocenters. The minimum absolute atomic E-state index is 0.261. The van der Waals surface area contributed by atoms with Crippen molar-refractivity contribution in [2.45, 2.75) is 40.2 Å². The number of anilines is 1. The van der Waals surface area contributed by atoms with Crippen molar-refractivity contribution in [3.05, 3.63) is 18.2 Å². The first-order valence-corrected chi connectivity index (χ1v) is 8.58. The van der Waals surface area contributed by atoms with Gasteiger partial charge in [0.1, 0.15) is 0 Å². The Kier molecular flexibility index (Phi) is 9.68. The fourth-order valence-corrected chi connectivity index (χ4v) is 2.04. The first kappa shape index (κ1) is 20.1.